The lowest BCUT2D eigenvalue weighted by Gasteiger charge is -2.14. The Morgan fingerprint density at radius 3 is 3.14 bits per heavy atom. The minimum atomic E-state index is -0.781. The Labute approximate surface area is 82.0 Å². The van der Waals surface area contributed by atoms with Crippen LogP contribution in [0.4, 0.5) is 0 Å². The molecule has 1 fully saturated rings. The van der Waals surface area contributed by atoms with Crippen molar-refractivity contribution in [3.63, 3.8) is 0 Å². The van der Waals surface area contributed by atoms with Gasteiger partial charge in [-0.15, -0.1) is 0 Å². The average molecular weight is 192 g/mol. The molecule has 1 aliphatic heterocycles. The van der Waals surface area contributed by atoms with E-state index in [1.807, 2.05) is 12.1 Å². The van der Waals surface area contributed by atoms with Crippen molar-refractivity contribution >= 4 is 5.97 Å². The summed E-state index contributed by atoms with van der Waals surface area (Å²) >= 11 is 0. The van der Waals surface area contributed by atoms with Crippen LogP contribution >= 0.6 is 0 Å². The molecule has 2 N–H and O–H groups in total. The van der Waals surface area contributed by atoms with Gasteiger partial charge in [-0.1, -0.05) is 6.07 Å². The normalized spacial score (nSPS) is 26.3. The van der Waals surface area contributed by atoms with Gasteiger partial charge in [0.05, 0.1) is 0 Å². The second kappa shape index (κ2) is 3.75. The summed E-state index contributed by atoms with van der Waals surface area (Å²) in [5.41, 5.74) is 1.00. The predicted octanol–water partition coefficient (Wildman–Crippen LogP) is 0.612. The molecule has 1 saturated heterocycles. The molecule has 2 atom stereocenters. The first kappa shape index (κ1) is 9.15. The zero-order valence-corrected chi connectivity index (χ0v) is 7.68. The highest BCUT2D eigenvalue weighted by atomic mass is 16.4. The van der Waals surface area contributed by atoms with Crippen molar-refractivity contribution in [1.29, 1.82) is 0 Å². The molecular formula is C10H12N2O2. The van der Waals surface area contributed by atoms with Crippen LogP contribution in [0.1, 0.15) is 17.9 Å². The maximum absolute atomic E-state index is 10.9. The van der Waals surface area contributed by atoms with Crippen LogP contribution in [0.25, 0.3) is 0 Å². The summed E-state index contributed by atoms with van der Waals surface area (Å²) in [5.74, 6) is -0.724. The maximum Gasteiger partial charge on any atom is 0.321 e. The van der Waals surface area contributed by atoms with Gasteiger partial charge in [-0.3, -0.25) is 9.78 Å². The van der Waals surface area contributed by atoms with Crippen LogP contribution in [0.2, 0.25) is 0 Å². The van der Waals surface area contributed by atoms with Gasteiger partial charge in [-0.05, 0) is 24.6 Å². The Kier molecular flexibility index (Phi) is 2.45. The summed E-state index contributed by atoms with van der Waals surface area (Å²) < 4.78 is 0. The van der Waals surface area contributed by atoms with Crippen LogP contribution in [0.3, 0.4) is 0 Å². The zero-order valence-electron chi connectivity index (χ0n) is 7.68. The van der Waals surface area contributed by atoms with Crippen molar-refractivity contribution in [2.45, 2.75) is 18.4 Å². The van der Waals surface area contributed by atoms with E-state index in [-0.39, 0.29) is 5.92 Å². The molecule has 0 saturated carbocycles. The van der Waals surface area contributed by atoms with E-state index in [1.165, 1.54) is 0 Å². The van der Waals surface area contributed by atoms with E-state index in [0.717, 1.165) is 18.5 Å². The molecule has 0 aromatic carbocycles. The minimum absolute atomic E-state index is 0.0567. The highest BCUT2D eigenvalue weighted by Gasteiger charge is 2.33. The van der Waals surface area contributed by atoms with Gasteiger partial charge in [0.25, 0.3) is 0 Å². The lowest BCUT2D eigenvalue weighted by atomic mass is 9.93. The lowest BCUT2D eigenvalue weighted by molar-refractivity contribution is -0.139. The Morgan fingerprint density at radius 2 is 2.50 bits per heavy atom. The molecule has 1 aromatic rings. The molecule has 0 bridgehead atoms. The molecule has 1 aliphatic rings. The summed E-state index contributed by atoms with van der Waals surface area (Å²) in [4.78, 5) is 14.9. The number of hydrogen-bond acceptors (Lipinski definition) is 3. The number of carboxylic acids is 1. The highest BCUT2D eigenvalue weighted by Crippen LogP contribution is 2.26. The zero-order chi connectivity index (χ0) is 9.97. The number of pyridine rings is 1. The van der Waals surface area contributed by atoms with Gasteiger partial charge in [0.1, 0.15) is 6.04 Å². The first-order valence-corrected chi connectivity index (χ1v) is 4.65. The number of carbonyl (C=O) groups is 1. The highest BCUT2D eigenvalue weighted by molar-refractivity contribution is 5.75. The monoisotopic (exact) mass is 192 g/mol. The smallest absolute Gasteiger partial charge is 0.321 e. The third kappa shape index (κ3) is 1.61. The number of rotatable bonds is 2. The van der Waals surface area contributed by atoms with E-state index >= 15 is 0 Å². The summed E-state index contributed by atoms with van der Waals surface area (Å²) in [6.45, 7) is 0.760. The second-order valence-corrected chi connectivity index (χ2v) is 3.45. The van der Waals surface area contributed by atoms with Gasteiger partial charge in [0, 0.05) is 18.3 Å². The average Bonchev–Trinajstić information content (AvgIpc) is 2.67. The van der Waals surface area contributed by atoms with E-state index < -0.39 is 12.0 Å². The lowest BCUT2D eigenvalue weighted by Crippen LogP contribution is -2.34. The molecule has 1 aromatic heterocycles. The molecule has 2 rings (SSSR count). The Hall–Kier alpha value is -1.42. The molecule has 4 heteroatoms. The Bertz CT molecular complexity index is 326. The van der Waals surface area contributed by atoms with Crippen molar-refractivity contribution in [2.75, 3.05) is 6.54 Å². The van der Waals surface area contributed by atoms with Gasteiger partial charge in [-0.25, -0.2) is 0 Å². The molecular weight excluding hydrogens is 180 g/mol. The van der Waals surface area contributed by atoms with Gasteiger partial charge in [0.2, 0.25) is 0 Å². The number of aliphatic carboxylic acids is 1. The molecule has 2 unspecified atom stereocenters. The van der Waals surface area contributed by atoms with Crippen LogP contribution in [0.15, 0.2) is 24.5 Å². The summed E-state index contributed by atoms with van der Waals surface area (Å²) in [5, 5.41) is 11.9. The first-order valence-electron chi connectivity index (χ1n) is 4.65. The predicted molar refractivity (Wildman–Crippen MR) is 51.0 cm³/mol. The Balaban J connectivity index is 2.22. The molecule has 4 nitrogen and oxygen atoms in total. The topological polar surface area (TPSA) is 62.2 Å². The van der Waals surface area contributed by atoms with E-state index in [9.17, 15) is 4.79 Å². The molecule has 0 amide bonds. The quantitative estimate of drug-likeness (QED) is 0.720. The number of nitrogens with zero attached hydrogens (tertiary/aromatic N) is 1. The molecule has 0 radical (unpaired) electrons. The first-order chi connectivity index (χ1) is 6.79. The molecule has 2 heterocycles. The fourth-order valence-electron chi connectivity index (χ4n) is 1.92. The largest absolute Gasteiger partial charge is 0.480 e. The van der Waals surface area contributed by atoms with Crippen molar-refractivity contribution in [1.82, 2.24) is 10.3 Å². The van der Waals surface area contributed by atoms with Crippen LogP contribution in [0, 0.1) is 0 Å². The molecule has 0 aliphatic carbocycles. The summed E-state index contributed by atoms with van der Waals surface area (Å²) in [6, 6.07) is 3.31. The van der Waals surface area contributed by atoms with E-state index in [0.29, 0.717) is 0 Å². The minimum Gasteiger partial charge on any atom is -0.480 e. The maximum atomic E-state index is 10.9. The van der Waals surface area contributed by atoms with Crippen molar-refractivity contribution in [3.8, 4) is 0 Å². The van der Waals surface area contributed by atoms with Crippen LogP contribution in [-0.2, 0) is 4.79 Å². The Morgan fingerprint density at radius 1 is 1.64 bits per heavy atom. The SMILES string of the molecule is O=C(O)C1NCCC1c1cccnc1. The number of carboxylic acid groups (broad SMARTS) is 1. The number of hydrogen-bond donors (Lipinski definition) is 2. The molecule has 74 valence electrons. The molecule has 14 heavy (non-hydrogen) atoms. The van der Waals surface area contributed by atoms with Gasteiger partial charge < -0.3 is 10.4 Å². The van der Waals surface area contributed by atoms with E-state index in [1.54, 1.807) is 12.4 Å². The van der Waals surface area contributed by atoms with Gasteiger partial charge in [0.15, 0.2) is 0 Å². The number of aromatic nitrogens is 1. The van der Waals surface area contributed by atoms with Crippen LogP contribution in [0.5, 0.6) is 0 Å². The second-order valence-electron chi connectivity index (χ2n) is 3.45. The fraction of sp³-hybridized carbons (Fsp3) is 0.400. The van der Waals surface area contributed by atoms with Crippen LogP contribution in [-0.4, -0.2) is 28.6 Å². The van der Waals surface area contributed by atoms with E-state index in [2.05, 4.69) is 10.3 Å². The van der Waals surface area contributed by atoms with Crippen molar-refractivity contribution in [3.05, 3.63) is 30.1 Å². The van der Waals surface area contributed by atoms with E-state index in [4.69, 9.17) is 5.11 Å². The third-order valence-electron chi connectivity index (χ3n) is 2.60. The summed E-state index contributed by atoms with van der Waals surface area (Å²) in [7, 11) is 0. The summed E-state index contributed by atoms with van der Waals surface area (Å²) in [6.07, 6.45) is 4.30. The van der Waals surface area contributed by atoms with Crippen molar-refractivity contribution in [2.24, 2.45) is 0 Å². The molecule has 0 spiro atoms. The van der Waals surface area contributed by atoms with Gasteiger partial charge >= 0.3 is 5.97 Å². The van der Waals surface area contributed by atoms with Crippen molar-refractivity contribution < 1.29 is 9.90 Å². The standard InChI is InChI=1S/C10H12N2O2/c13-10(14)9-8(3-5-12-9)7-2-1-4-11-6-7/h1-2,4,6,8-9,12H,3,5H2,(H,13,14). The third-order valence-corrected chi connectivity index (χ3v) is 2.60. The fourth-order valence-corrected chi connectivity index (χ4v) is 1.92. The van der Waals surface area contributed by atoms with Crippen LogP contribution < -0.4 is 5.32 Å². The van der Waals surface area contributed by atoms with Gasteiger partial charge in [-0.2, -0.15) is 0 Å². The number of nitrogens with one attached hydrogen (secondary N) is 1.